The molecule has 128 valence electrons. The molecule has 1 aromatic carbocycles. The maximum atomic E-state index is 12.2. The summed E-state index contributed by atoms with van der Waals surface area (Å²) in [4.78, 5) is 20.7. The fourth-order valence-corrected chi connectivity index (χ4v) is 2.46. The van der Waals surface area contributed by atoms with Gasteiger partial charge in [0.2, 0.25) is 17.7 Å². The first-order chi connectivity index (χ1) is 12.0. The largest absolute Gasteiger partial charge is 0.481 e. The molecular weight excluding hydrogens is 342 g/mol. The van der Waals surface area contributed by atoms with Crippen LogP contribution >= 0.6 is 11.6 Å². The van der Waals surface area contributed by atoms with Crippen LogP contribution in [-0.4, -0.2) is 23.0 Å². The summed E-state index contributed by atoms with van der Waals surface area (Å²) in [5, 5.41) is 3.36. The number of aryl methyl sites for hydroxylation is 1. The van der Waals surface area contributed by atoms with E-state index in [0.717, 1.165) is 5.56 Å². The molecule has 0 bridgehead atoms. The molecular formula is C18H16ClN3O3. The minimum atomic E-state index is -0.207. The van der Waals surface area contributed by atoms with E-state index in [1.165, 1.54) is 13.3 Å². The zero-order valence-electron chi connectivity index (χ0n) is 13.7. The van der Waals surface area contributed by atoms with Crippen molar-refractivity contribution in [3.8, 4) is 17.3 Å². The van der Waals surface area contributed by atoms with Gasteiger partial charge in [-0.25, -0.2) is 9.97 Å². The Labute approximate surface area is 149 Å². The fourth-order valence-electron chi connectivity index (χ4n) is 2.27. The Bertz CT molecular complexity index is 891. The van der Waals surface area contributed by atoms with Crippen LogP contribution in [0.4, 0.5) is 5.69 Å². The van der Waals surface area contributed by atoms with Gasteiger partial charge in [0, 0.05) is 16.7 Å². The summed E-state index contributed by atoms with van der Waals surface area (Å²) in [7, 11) is 1.53. The number of nitrogens with one attached hydrogen (secondary N) is 1. The maximum Gasteiger partial charge on any atom is 0.230 e. The van der Waals surface area contributed by atoms with E-state index in [-0.39, 0.29) is 12.3 Å². The highest BCUT2D eigenvalue weighted by Gasteiger charge is 2.15. The van der Waals surface area contributed by atoms with Gasteiger partial charge < -0.3 is 14.5 Å². The van der Waals surface area contributed by atoms with E-state index in [9.17, 15) is 4.79 Å². The highest BCUT2D eigenvalue weighted by atomic mass is 35.5. The number of anilines is 1. The Morgan fingerprint density at radius 2 is 2.16 bits per heavy atom. The van der Waals surface area contributed by atoms with Crippen LogP contribution in [0, 0.1) is 6.92 Å². The third-order valence-corrected chi connectivity index (χ3v) is 3.76. The highest BCUT2D eigenvalue weighted by Crippen LogP contribution is 2.24. The predicted octanol–water partition coefficient (Wildman–Crippen LogP) is 3.89. The highest BCUT2D eigenvalue weighted by molar-refractivity contribution is 6.30. The first kappa shape index (κ1) is 17.0. The minimum absolute atomic E-state index is 0.0991. The Kier molecular flexibility index (Phi) is 5.00. The Hall–Kier alpha value is -2.86. The molecule has 1 amide bonds. The molecule has 2 heterocycles. The van der Waals surface area contributed by atoms with Crippen molar-refractivity contribution in [3.63, 3.8) is 0 Å². The number of oxazole rings is 1. The number of methoxy groups -OCH3 is 1. The van der Waals surface area contributed by atoms with Crippen molar-refractivity contribution < 1.29 is 13.9 Å². The van der Waals surface area contributed by atoms with Crippen LogP contribution in [0.5, 0.6) is 5.88 Å². The van der Waals surface area contributed by atoms with Crippen molar-refractivity contribution >= 4 is 23.2 Å². The van der Waals surface area contributed by atoms with Gasteiger partial charge >= 0.3 is 0 Å². The lowest BCUT2D eigenvalue weighted by atomic mass is 10.2. The second-order valence-electron chi connectivity index (χ2n) is 5.35. The summed E-state index contributed by atoms with van der Waals surface area (Å²) in [5.41, 5.74) is 1.93. The van der Waals surface area contributed by atoms with Crippen LogP contribution < -0.4 is 10.1 Å². The Morgan fingerprint density at radius 3 is 2.84 bits per heavy atom. The summed E-state index contributed by atoms with van der Waals surface area (Å²) in [6.07, 6.45) is 1.63. The summed E-state index contributed by atoms with van der Waals surface area (Å²) < 4.78 is 10.6. The number of carbonyl (C=O) groups excluding carboxylic acids is 1. The van der Waals surface area contributed by atoms with Gasteiger partial charge in [0.1, 0.15) is 5.76 Å². The quantitative estimate of drug-likeness (QED) is 0.749. The molecule has 0 spiro atoms. The molecule has 0 saturated heterocycles. The summed E-state index contributed by atoms with van der Waals surface area (Å²) in [6, 6.07) is 10.6. The molecule has 0 fully saturated rings. The van der Waals surface area contributed by atoms with Crippen molar-refractivity contribution in [3.05, 3.63) is 59.1 Å². The number of hydrogen-bond donors (Lipinski definition) is 1. The molecule has 3 rings (SSSR count). The Balaban J connectivity index is 1.71. The van der Waals surface area contributed by atoms with Gasteiger partial charge in [0.05, 0.1) is 31.1 Å². The van der Waals surface area contributed by atoms with Crippen molar-refractivity contribution in [2.24, 2.45) is 0 Å². The van der Waals surface area contributed by atoms with E-state index in [1.807, 2.05) is 12.1 Å². The van der Waals surface area contributed by atoms with Gasteiger partial charge in [-0.15, -0.1) is 0 Å². The SMILES string of the molecule is COc1ccc(NC(=O)Cc2nc(-c3cccc(Cl)c3)oc2C)cn1. The zero-order valence-corrected chi connectivity index (χ0v) is 14.5. The summed E-state index contributed by atoms with van der Waals surface area (Å²) >= 11 is 5.99. The van der Waals surface area contributed by atoms with E-state index >= 15 is 0 Å². The van der Waals surface area contributed by atoms with Crippen LogP contribution in [0.2, 0.25) is 5.02 Å². The number of ether oxygens (including phenoxy) is 1. The second kappa shape index (κ2) is 7.36. The number of hydrogen-bond acceptors (Lipinski definition) is 5. The second-order valence-corrected chi connectivity index (χ2v) is 5.78. The molecule has 0 aliphatic rings. The van der Waals surface area contributed by atoms with E-state index in [2.05, 4.69) is 15.3 Å². The lowest BCUT2D eigenvalue weighted by Gasteiger charge is -2.04. The van der Waals surface area contributed by atoms with Gasteiger partial charge in [-0.1, -0.05) is 17.7 Å². The number of pyridine rings is 1. The molecule has 6 nitrogen and oxygen atoms in total. The first-order valence-electron chi connectivity index (χ1n) is 7.57. The molecule has 2 aromatic heterocycles. The predicted molar refractivity (Wildman–Crippen MR) is 94.8 cm³/mol. The third kappa shape index (κ3) is 4.16. The zero-order chi connectivity index (χ0) is 17.8. The lowest BCUT2D eigenvalue weighted by Crippen LogP contribution is -2.15. The average molecular weight is 358 g/mol. The molecule has 3 aromatic rings. The number of benzene rings is 1. The first-order valence-corrected chi connectivity index (χ1v) is 7.95. The van der Waals surface area contributed by atoms with Gasteiger partial charge in [-0.05, 0) is 31.2 Å². The smallest absolute Gasteiger partial charge is 0.230 e. The van der Waals surface area contributed by atoms with Gasteiger partial charge in [-0.2, -0.15) is 0 Å². The fraction of sp³-hybridized carbons (Fsp3) is 0.167. The molecule has 0 unspecified atom stereocenters. The standard InChI is InChI=1S/C18H16ClN3O3/c1-11-15(22-18(25-11)12-4-3-5-13(19)8-12)9-16(23)21-14-6-7-17(24-2)20-10-14/h3-8,10H,9H2,1-2H3,(H,21,23). The van der Waals surface area contributed by atoms with Gasteiger partial charge in [-0.3, -0.25) is 4.79 Å². The maximum absolute atomic E-state index is 12.2. The van der Waals surface area contributed by atoms with Crippen molar-refractivity contribution in [1.29, 1.82) is 0 Å². The molecule has 0 aliphatic heterocycles. The van der Waals surface area contributed by atoms with Crippen molar-refractivity contribution in [2.75, 3.05) is 12.4 Å². The summed E-state index contributed by atoms with van der Waals surface area (Å²) in [6.45, 7) is 1.78. The van der Waals surface area contributed by atoms with Crippen LogP contribution in [0.1, 0.15) is 11.5 Å². The Morgan fingerprint density at radius 1 is 1.32 bits per heavy atom. The molecule has 25 heavy (non-hydrogen) atoms. The number of aromatic nitrogens is 2. The number of halogens is 1. The number of nitrogens with zero attached hydrogens (tertiary/aromatic N) is 2. The summed E-state index contributed by atoms with van der Waals surface area (Å²) in [5.74, 6) is 1.31. The minimum Gasteiger partial charge on any atom is -0.481 e. The van der Waals surface area contributed by atoms with Crippen LogP contribution in [-0.2, 0) is 11.2 Å². The molecule has 7 heteroatoms. The molecule has 1 N–H and O–H groups in total. The average Bonchev–Trinajstić information content (AvgIpc) is 2.96. The number of carbonyl (C=O) groups is 1. The monoisotopic (exact) mass is 357 g/mol. The molecule has 0 saturated carbocycles. The lowest BCUT2D eigenvalue weighted by molar-refractivity contribution is -0.115. The number of amides is 1. The van der Waals surface area contributed by atoms with Crippen LogP contribution in [0.25, 0.3) is 11.5 Å². The molecule has 0 atom stereocenters. The topological polar surface area (TPSA) is 77.2 Å². The van der Waals surface area contributed by atoms with E-state index < -0.39 is 0 Å². The van der Waals surface area contributed by atoms with E-state index in [0.29, 0.717) is 33.9 Å². The third-order valence-electron chi connectivity index (χ3n) is 3.52. The van der Waals surface area contributed by atoms with Gasteiger partial charge in [0.25, 0.3) is 0 Å². The van der Waals surface area contributed by atoms with E-state index in [4.69, 9.17) is 20.8 Å². The van der Waals surface area contributed by atoms with Crippen molar-refractivity contribution in [2.45, 2.75) is 13.3 Å². The van der Waals surface area contributed by atoms with Crippen LogP contribution in [0.15, 0.2) is 47.0 Å². The van der Waals surface area contributed by atoms with Crippen LogP contribution in [0.3, 0.4) is 0 Å². The van der Waals surface area contributed by atoms with Crippen molar-refractivity contribution in [1.82, 2.24) is 9.97 Å². The van der Waals surface area contributed by atoms with E-state index in [1.54, 1.807) is 31.2 Å². The molecule has 0 radical (unpaired) electrons. The number of rotatable bonds is 5. The normalized spacial score (nSPS) is 10.5. The van der Waals surface area contributed by atoms with Gasteiger partial charge in [0.15, 0.2) is 0 Å². The molecule has 0 aliphatic carbocycles.